The topological polar surface area (TPSA) is 58.6 Å². The Morgan fingerprint density at radius 2 is 2.26 bits per heavy atom. The van der Waals surface area contributed by atoms with E-state index in [2.05, 4.69) is 5.32 Å². The molecule has 0 radical (unpaired) electrons. The number of aliphatic hydroxyl groups excluding tert-OH is 1. The lowest BCUT2D eigenvalue weighted by Gasteiger charge is -2.12. The number of aryl methyl sites for hydroxylation is 1. The van der Waals surface area contributed by atoms with Crippen LogP contribution < -0.4 is 10.1 Å². The molecule has 1 amide bonds. The van der Waals surface area contributed by atoms with Gasteiger partial charge in [-0.15, -0.1) is 0 Å². The van der Waals surface area contributed by atoms with Gasteiger partial charge in [-0.1, -0.05) is 18.6 Å². The molecular weight excluding hydrogens is 242 g/mol. The lowest BCUT2D eigenvalue weighted by atomic mass is 10.1. The molecule has 0 saturated heterocycles. The molecule has 1 aromatic carbocycles. The highest BCUT2D eigenvalue weighted by molar-refractivity contribution is 5.92. The summed E-state index contributed by atoms with van der Waals surface area (Å²) in [6.45, 7) is 3.84. The van der Waals surface area contributed by atoms with Gasteiger partial charge in [0.25, 0.3) is 0 Å². The van der Waals surface area contributed by atoms with E-state index in [4.69, 9.17) is 9.84 Å². The maximum absolute atomic E-state index is 11.7. The number of amides is 1. The maximum atomic E-state index is 11.7. The van der Waals surface area contributed by atoms with Crippen molar-refractivity contribution in [3.8, 4) is 5.75 Å². The zero-order valence-corrected chi connectivity index (χ0v) is 11.6. The van der Waals surface area contributed by atoms with Crippen molar-refractivity contribution in [2.24, 2.45) is 0 Å². The number of benzene rings is 1. The van der Waals surface area contributed by atoms with Gasteiger partial charge in [-0.3, -0.25) is 4.79 Å². The first-order valence-electron chi connectivity index (χ1n) is 6.34. The van der Waals surface area contributed by atoms with Crippen molar-refractivity contribution in [1.29, 1.82) is 0 Å². The zero-order chi connectivity index (χ0) is 14.3. The quantitative estimate of drug-likeness (QED) is 0.771. The molecule has 4 heteroatoms. The first-order valence-corrected chi connectivity index (χ1v) is 6.34. The molecule has 19 heavy (non-hydrogen) atoms. The van der Waals surface area contributed by atoms with Crippen molar-refractivity contribution in [2.75, 3.05) is 13.7 Å². The van der Waals surface area contributed by atoms with Crippen LogP contribution in [0.1, 0.15) is 24.5 Å². The highest BCUT2D eigenvalue weighted by Crippen LogP contribution is 2.20. The van der Waals surface area contributed by atoms with Crippen molar-refractivity contribution < 1.29 is 14.6 Å². The van der Waals surface area contributed by atoms with Crippen molar-refractivity contribution >= 4 is 12.0 Å². The van der Waals surface area contributed by atoms with Gasteiger partial charge in [0.1, 0.15) is 5.75 Å². The lowest BCUT2D eigenvalue weighted by Crippen LogP contribution is -2.35. The summed E-state index contributed by atoms with van der Waals surface area (Å²) >= 11 is 0. The van der Waals surface area contributed by atoms with Crippen molar-refractivity contribution in [2.45, 2.75) is 26.3 Å². The monoisotopic (exact) mass is 263 g/mol. The normalized spacial score (nSPS) is 12.4. The molecule has 0 spiro atoms. The Labute approximate surface area is 114 Å². The molecule has 0 aromatic heterocycles. The second kappa shape index (κ2) is 7.59. The van der Waals surface area contributed by atoms with Gasteiger partial charge in [-0.25, -0.2) is 0 Å². The zero-order valence-electron chi connectivity index (χ0n) is 11.6. The van der Waals surface area contributed by atoms with Crippen LogP contribution >= 0.6 is 0 Å². The molecule has 0 aliphatic heterocycles. The van der Waals surface area contributed by atoms with Gasteiger partial charge in [0, 0.05) is 11.6 Å². The first-order chi connectivity index (χ1) is 9.10. The predicted molar refractivity (Wildman–Crippen MR) is 76.1 cm³/mol. The molecule has 2 N–H and O–H groups in total. The Kier molecular flexibility index (Phi) is 6.09. The van der Waals surface area contributed by atoms with Crippen LogP contribution in [0.15, 0.2) is 24.3 Å². The summed E-state index contributed by atoms with van der Waals surface area (Å²) in [7, 11) is 1.60. The van der Waals surface area contributed by atoms with E-state index in [1.165, 1.54) is 6.08 Å². The number of rotatable bonds is 6. The number of carbonyl (C=O) groups excluding carboxylic acids is 1. The number of methoxy groups -OCH3 is 1. The molecule has 1 rings (SSSR count). The Morgan fingerprint density at radius 3 is 2.84 bits per heavy atom. The minimum absolute atomic E-state index is 0.0517. The van der Waals surface area contributed by atoms with Crippen molar-refractivity contribution in [3.63, 3.8) is 0 Å². The minimum atomic E-state index is -0.218. The molecule has 0 bridgehead atoms. The fourth-order valence-corrected chi connectivity index (χ4v) is 1.68. The summed E-state index contributed by atoms with van der Waals surface area (Å²) in [5.74, 6) is 0.508. The third kappa shape index (κ3) is 4.75. The van der Waals surface area contributed by atoms with E-state index in [0.29, 0.717) is 6.42 Å². The maximum Gasteiger partial charge on any atom is 0.244 e. The predicted octanol–water partition coefficient (Wildman–Crippen LogP) is 1.90. The lowest BCUT2D eigenvalue weighted by molar-refractivity contribution is -0.117. The molecule has 4 nitrogen and oxygen atoms in total. The summed E-state index contributed by atoms with van der Waals surface area (Å²) < 4.78 is 5.23. The number of nitrogens with one attached hydrogen (secondary N) is 1. The Balaban J connectivity index is 2.75. The SMILES string of the molecule is CCC(CO)NC(=O)/C=C/c1cc(C)ccc1OC. The van der Waals surface area contributed by atoms with E-state index < -0.39 is 0 Å². The largest absolute Gasteiger partial charge is 0.496 e. The Hall–Kier alpha value is -1.81. The molecule has 0 fully saturated rings. The van der Waals surface area contributed by atoms with Crippen LogP contribution in [0.2, 0.25) is 0 Å². The smallest absolute Gasteiger partial charge is 0.244 e. The number of carbonyl (C=O) groups is 1. The van der Waals surface area contributed by atoms with E-state index in [0.717, 1.165) is 16.9 Å². The molecule has 1 atom stereocenters. The third-order valence-corrected chi connectivity index (χ3v) is 2.86. The summed E-state index contributed by atoms with van der Waals surface area (Å²) in [4.78, 5) is 11.7. The average Bonchev–Trinajstić information content (AvgIpc) is 2.42. The number of aliphatic hydroxyl groups is 1. The van der Waals surface area contributed by atoms with E-state index in [9.17, 15) is 4.79 Å². The standard InChI is InChI=1S/C15H21NO3/c1-4-13(10-17)16-15(18)8-6-12-9-11(2)5-7-14(12)19-3/h5-9,13,17H,4,10H2,1-3H3,(H,16,18)/b8-6+. The molecule has 0 saturated carbocycles. The van der Waals surface area contributed by atoms with E-state index in [-0.39, 0.29) is 18.6 Å². The summed E-state index contributed by atoms with van der Waals surface area (Å²) in [5, 5.41) is 11.7. The Bertz CT molecular complexity index is 451. The van der Waals surface area contributed by atoms with Crippen LogP contribution in [0.5, 0.6) is 5.75 Å². The molecular formula is C15H21NO3. The van der Waals surface area contributed by atoms with E-state index in [1.54, 1.807) is 13.2 Å². The number of hydrogen-bond donors (Lipinski definition) is 2. The molecule has 1 aromatic rings. The number of ether oxygens (including phenoxy) is 1. The van der Waals surface area contributed by atoms with E-state index >= 15 is 0 Å². The van der Waals surface area contributed by atoms with Crippen molar-refractivity contribution in [1.82, 2.24) is 5.32 Å². The van der Waals surface area contributed by atoms with Crippen LogP contribution in [-0.2, 0) is 4.79 Å². The van der Waals surface area contributed by atoms with Crippen molar-refractivity contribution in [3.05, 3.63) is 35.4 Å². The second-order valence-electron chi connectivity index (χ2n) is 4.38. The summed E-state index contributed by atoms with van der Waals surface area (Å²) in [6, 6.07) is 5.58. The van der Waals surface area contributed by atoms with Crippen LogP contribution in [0.25, 0.3) is 6.08 Å². The first kappa shape index (κ1) is 15.2. The van der Waals surface area contributed by atoms with Crippen LogP contribution in [0.4, 0.5) is 0 Å². The minimum Gasteiger partial charge on any atom is -0.496 e. The van der Waals surface area contributed by atoms with Gasteiger partial charge in [0.15, 0.2) is 0 Å². The molecule has 104 valence electrons. The van der Waals surface area contributed by atoms with Gasteiger partial charge in [0.05, 0.1) is 19.8 Å². The second-order valence-corrected chi connectivity index (χ2v) is 4.38. The molecule has 0 aliphatic carbocycles. The van der Waals surface area contributed by atoms with E-state index in [1.807, 2.05) is 32.0 Å². The summed E-state index contributed by atoms with van der Waals surface area (Å²) in [5.41, 5.74) is 1.96. The number of hydrogen-bond acceptors (Lipinski definition) is 3. The van der Waals surface area contributed by atoms with Crippen LogP contribution in [-0.4, -0.2) is 30.8 Å². The molecule has 0 aliphatic rings. The molecule has 0 heterocycles. The van der Waals surface area contributed by atoms with Gasteiger partial charge >= 0.3 is 0 Å². The fraction of sp³-hybridized carbons (Fsp3) is 0.400. The molecule has 1 unspecified atom stereocenters. The van der Waals surface area contributed by atoms with Gasteiger partial charge < -0.3 is 15.2 Å². The van der Waals surface area contributed by atoms with Crippen LogP contribution in [0, 0.1) is 6.92 Å². The fourth-order valence-electron chi connectivity index (χ4n) is 1.68. The highest BCUT2D eigenvalue weighted by atomic mass is 16.5. The van der Waals surface area contributed by atoms with Crippen LogP contribution in [0.3, 0.4) is 0 Å². The Morgan fingerprint density at radius 1 is 1.53 bits per heavy atom. The van der Waals surface area contributed by atoms with Gasteiger partial charge in [-0.2, -0.15) is 0 Å². The highest BCUT2D eigenvalue weighted by Gasteiger charge is 2.06. The van der Waals surface area contributed by atoms with Gasteiger partial charge in [0.2, 0.25) is 5.91 Å². The average molecular weight is 263 g/mol. The third-order valence-electron chi connectivity index (χ3n) is 2.86. The summed E-state index contributed by atoms with van der Waals surface area (Å²) in [6.07, 6.45) is 3.87. The van der Waals surface area contributed by atoms with Gasteiger partial charge in [-0.05, 0) is 31.6 Å².